The lowest BCUT2D eigenvalue weighted by molar-refractivity contribution is -0.118. The van der Waals surface area contributed by atoms with Crippen molar-refractivity contribution in [1.82, 2.24) is 4.90 Å². The molecule has 0 heterocycles. The van der Waals surface area contributed by atoms with E-state index in [1.165, 1.54) is 0 Å². The lowest BCUT2D eigenvalue weighted by Crippen LogP contribution is -2.45. The summed E-state index contributed by atoms with van der Waals surface area (Å²) in [4.78, 5) is 35.2. The molecule has 0 aliphatic heterocycles. The Bertz CT molecular complexity index is 575. The summed E-state index contributed by atoms with van der Waals surface area (Å²) in [6, 6.07) is 1.82. The number of hydrogen-bond acceptors (Lipinski definition) is 3. The minimum atomic E-state index is -1.31. The molecule has 4 N–H and O–H groups in total. The van der Waals surface area contributed by atoms with Gasteiger partial charge in [-0.25, -0.2) is 14.0 Å². The van der Waals surface area contributed by atoms with Crippen LogP contribution in [-0.4, -0.2) is 40.5 Å². The number of carbonyl (C=O) groups is 3. The van der Waals surface area contributed by atoms with Gasteiger partial charge in [0.2, 0.25) is 5.91 Å². The molecule has 3 amide bonds. The summed E-state index contributed by atoms with van der Waals surface area (Å²) in [5, 5.41) is 11.3. The molecule has 114 valence electrons. The molecule has 1 aromatic carbocycles. The number of aromatic carboxylic acids is 1. The SMILES string of the molecule is CC(C)N(CC(N)=O)C(=O)Nc1cc(F)ccc1C(=O)O. The van der Waals surface area contributed by atoms with Crippen LogP contribution < -0.4 is 11.1 Å². The smallest absolute Gasteiger partial charge is 0.337 e. The van der Waals surface area contributed by atoms with Crippen LogP contribution in [0.3, 0.4) is 0 Å². The van der Waals surface area contributed by atoms with Gasteiger partial charge in [0, 0.05) is 6.04 Å². The summed E-state index contributed by atoms with van der Waals surface area (Å²) in [6.45, 7) is 2.99. The van der Waals surface area contributed by atoms with E-state index < -0.39 is 23.7 Å². The minimum Gasteiger partial charge on any atom is -0.478 e. The highest BCUT2D eigenvalue weighted by Crippen LogP contribution is 2.18. The van der Waals surface area contributed by atoms with E-state index in [-0.39, 0.29) is 23.8 Å². The van der Waals surface area contributed by atoms with E-state index in [0.717, 1.165) is 23.1 Å². The highest BCUT2D eigenvalue weighted by atomic mass is 19.1. The first-order chi connectivity index (χ1) is 9.72. The molecule has 0 unspecified atom stereocenters. The number of primary amides is 1. The number of benzene rings is 1. The van der Waals surface area contributed by atoms with Gasteiger partial charge in [-0.05, 0) is 32.0 Å². The standard InChI is InChI=1S/C13H16FN3O4/c1-7(2)17(6-11(15)18)13(21)16-10-5-8(14)3-4-9(10)12(19)20/h3-5,7H,6H2,1-2H3,(H2,15,18)(H,16,21)(H,19,20). The van der Waals surface area contributed by atoms with E-state index in [9.17, 15) is 18.8 Å². The third kappa shape index (κ3) is 4.44. The van der Waals surface area contributed by atoms with Crippen LogP contribution in [0.2, 0.25) is 0 Å². The maximum Gasteiger partial charge on any atom is 0.337 e. The average molecular weight is 297 g/mol. The predicted octanol–water partition coefficient (Wildman–Crippen LogP) is 1.25. The number of nitrogens with zero attached hydrogens (tertiary/aromatic N) is 1. The molecule has 0 radical (unpaired) electrons. The first kappa shape index (κ1) is 16.4. The van der Waals surface area contributed by atoms with Crippen LogP contribution in [0.5, 0.6) is 0 Å². The van der Waals surface area contributed by atoms with Crippen molar-refractivity contribution in [3.05, 3.63) is 29.6 Å². The Morgan fingerprint density at radius 2 is 2.00 bits per heavy atom. The second-order valence-corrected chi connectivity index (χ2v) is 4.61. The zero-order valence-electron chi connectivity index (χ0n) is 11.6. The summed E-state index contributed by atoms with van der Waals surface area (Å²) in [7, 11) is 0. The first-order valence-electron chi connectivity index (χ1n) is 6.11. The van der Waals surface area contributed by atoms with Gasteiger partial charge in [0.25, 0.3) is 0 Å². The number of carboxylic acids is 1. The monoisotopic (exact) mass is 297 g/mol. The number of hydrogen-bond donors (Lipinski definition) is 3. The fourth-order valence-electron chi connectivity index (χ4n) is 1.65. The Hall–Kier alpha value is -2.64. The van der Waals surface area contributed by atoms with Gasteiger partial charge in [-0.2, -0.15) is 0 Å². The number of halogens is 1. The predicted molar refractivity (Wildman–Crippen MR) is 73.4 cm³/mol. The first-order valence-corrected chi connectivity index (χ1v) is 6.11. The van der Waals surface area contributed by atoms with E-state index in [1.54, 1.807) is 13.8 Å². The van der Waals surface area contributed by atoms with Crippen molar-refractivity contribution in [2.24, 2.45) is 5.73 Å². The molecule has 0 fully saturated rings. The van der Waals surface area contributed by atoms with Crippen molar-refractivity contribution in [2.45, 2.75) is 19.9 Å². The molecular weight excluding hydrogens is 281 g/mol. The number of carboxylic acid groups (broad SMARTS) is 1. The van der Waals surface area contributed by atoms with Crippen molar-refractivity contribution in [3.8, 4) is 0 Å². The molecule has 1 aromatic rings. The largest absolute Gasteiger partial charge is 0.478 e. The third-order valence-electron chi connectivity index (χ3n) is 2.66. The molecule has 7 nitrogen and oxygen atoms in total. The number of rotatable bonds is 5. The summed E-state index contributed by atoms with van der Waals surface area (Å²) in [5.41, 5.74) is 4.60. The van der Waals surface area contributed by atoms with E-state index >= 15 is 0 Å². The van der Waals surface area contributed by atoms with Crippen LogP contribution in [0.25, 0.3) is 0 Å². The molecule has 0 aromatic heterocycles. The lowest BCUT2D eigenvalue weighted by Gasteiger charge is -2.25. The van der Waals surface area contributed by atoms with Crippen LogP contribution in [-0.2, 0) is 4.79 Å². The van der Waals surface area contributed by atoms with Crippen molar-refractivity contribution >= 4 is 23.6 Å². The number of carbonyl (C=O) groups excluding carboxylic acids is 2. The van der Waals surface area contributed by atoms with Crippen LogP contribution >= 0.6 is 0 Å². The number of anilines is 1. The van der Waals surface area contributed by atoms with E-state index in [2.05, 4.69) is 5.32 Å². The fourth-order valence-corrected chi connectivity index (χ4v) is 1.65. The average Bonchev–Trinajstić information content (AvgIpc) is 2.34. The molecule has 21 heavy (non-hydrogen) atoms. The van der Waals surface area contributed by atoms with Gasteiger partial charge in [0.1, 0.15) is 12.4 Å². The summed E-state index contributed by atoms with van der Waals surface area (Å²) in [5.74, 6) is -2.71. The van der Waals surface area contributed by atoms with E-state index in [4.69, 9.17) is 10.8 Å². The molecule has 0 saturated heterocycles. The van der Waals surface area contributed by atoms with Gasteiger partial charge in [0.05, 0.1) is 11.3 Å². The van der Waals surface area contributed by atoms with Crippen LogP contribution in [0.15, 0.2) is 18.2 Å². The molecule has 1 rings (SSSR count). The summed E-state index contributed by atoms with van der Waals surface area (Å²) in [6.07, 6.45) is 0. The zero-order chi connectivity index (χ0) is 16.2. The Kier molecular flexibility index (Phi) is 5.23. The van der Waals surface area contributed by atoms with Crippen LogP contribution in [0.1, 0.15) is 24.2 Å². The number of nitrogens with two attached hydrogens (primary N) is 1. The van der Waals surface area contributed by atoms with E-state index in [0.29, 0.717) is 0 Å². The Balaban J connectivity index is 3.03. The topological polar surface area (TPSA) is 113 Å². The number of nitrogens with one attached hydrogen (secondary N) is 1. The molecular formula is C13H16FN3O4. The quantitative estimate of drug-likeness (QED) is 0.759. The highest BCUT2D eigenvalue weighted by Gasteiger charge is 2.21. The number of urea groups is 1. The second-order valence-electron chi connectivity index (χ2n) is 4.61. The summed E-state index contributed by atoms with van der Waals surface area (Å²) >= 11 is 0. The van der Waals surface area contributed by atoms with Crippen LogP contribution in [0, 0.1) is 5.82 Å². The van der Waals surface area contributed by atoms with Gasteiger partial charge < -0.3 is 21.1 Å². The molecule has 0 aliphatic carbocycles. The Labute approximate surface area is 120 Å². The normalized spacial score (nSPS) is 10.3. The van der Waals surface area contributed by atoms with Gasteiger partial charge in [-0.15, -0.1) is 0 Å². The lowest BCUT2D eigenvalue weighted by atomic mass is 10.1. The molecule has 0 aliphatic rings. The Morgan fingerprint density at radius 1 is 1.38 bits per heavy atom. The highest BCUT2D eigenvalue weighted by molar-refractivity contribution is 6.00. The maximum atomic E-state index is 13.2. The second kappa shape index (κ2) is 6.69. The third-order valence-corrected chi connectivity index (χ3v) is 2.66. The van der Waals surface area contributed by atoms with Gasteiger partial charge in [-0.1, -0.05) is 0 Å². The summed E-state index contributed by atoms with van der Waals surface area (Å²) < 4.78 is 13.2. The molecule has 0 saturated carbocycles. The van der Waals surface area contributed by atoms with Crippen molar-refractivity contribution < 1.29 is 23.9 Å². The molecule has 0 atom stereocenters. The van der Waals surface area contributed by atoms with Crippen molar-refractivity contribution in [2.75, 3.05) is 11.9 Å². The molecule has 0 spiro atoms. The minimum absolute atomic E-state index is 0.192. The maximum absolute atomic E-state index is 13.2. The van der Waals surface area contributed by atoms with Gasteiger partial charge in [-0.3, -0.25) is 4.79 Å². The molecule has 8 heteroatoms. The van der Waals surface area contributed by atoms with Gasteiger partial charge in [0.15, 0.2) is 0 Å². The van der Waals surface area contributed by atoms with Gasteiger partial charge >= 0.3 is 12.0 Å². The molecule has 0 bridgehead atoms. The fraction of sp³-hybridized carbons (Fsp3) is 0.308. The van der Waals surface area contributed by atoms with Crippen molar-refractivity contribution in [1.29, 1.82) is 0 Å². The number of amides is 3. The van der Waals surface area contributed by atoms with Crippen molar-refractivity contribution in [3.63, 3.8) is 0 Å². The zero-order valence-corrected chi connectivity index (χ0v) is 11.6. The van der Waals surface area contributed by atoms with Crippen LogP contribution in [0.4, 0.5) is 14.9 Å². The Morgan fingerprint density at radius 3 is 2.48 bits per heavy atom. The van der Waals surface area contributed by atoms with E-state index in [1.807, 2.05) is 0 Å².